The number of aliphatic hydroxyl groups is 1. The topological polar surface area (TPSA) is 78.8 Å². The van der Waals surface area contributed by atoms with Gasteiger partial charge in [-0.05, 0) is 24.6 Å². The van der Waals surface area contributed by atoms with E-state index in [1.165, 1.54) is 12.1 Å². The molecule has 3 N–H and O–H groups in total. The Bertz CT molecular complexity index is 772. The predicted molar refractivity (Wildman–Crippen MR) is 127 cm³/mol. The van der Waals surface area contributed by atoms with Gasteiger partial charge in [0.05, 0.1) is 23.4 Å². The lowest BCUT2D eigenvalue weighted by Crippen LogP contribution is -2.38. The van der Waals surface area contributed by atoms with Gasteiger partial charge in [0, 0.05) is 30.8 Å². The van der Waals surface area contributed by atoms with Crippen LogP contribution in [0.25, 0.3) is 0 Å². The Morgan fingerprint density at radius 2 is 1.93 bits per heavy atom. The average Bonchev–Trinajstić information content (AvgIpc) is 3.15. The number of hydrogen-bond acceptors (Lipinski definition) is 5. The van der Waals surface area contributed by atoms with Crippen LogP contribution in [0.1, 0.15) is 49.1 Å². The zero-order chi connectivity index (χ0) is 21.2. The van der Waals surface area contributed by atoms with Crippen LogP contribution in [0.15, 0.2) is 34.6 Å². The fraction of sp³-hybridized carbons (Fsp3) is 0.500. The maximum absolute atomic E-state index is 12.2. The minimum Gasteiger partial charge on any atom is -0.435 e. The molecule has 0 aliphatic heterocycles. The normalized spacial score (nSPS) is 12.6. The fourth-order valence-electron chi connectivity index (χ4n) is 2.51. The summed E-state index contributed by atoms with van der Waals surface area (Å²) in [5.74, 6) is 1.08. The van der Waals surface area contributed by atoms with Crippen LogP contribution in [0.3, 0.4) is 0 Å². The Labute approximate surface area is 197 Å². The van der Waals surface area contributed by atoms with Gasteiger partial charge in [0.25, 0.3) is 0 Å². The lowest BCUT2D eigenvalue weighted by Gasteiger charge is -2.13. The first-order valence-electron chi connectivity index (χ1n) is 9.58. The van der Waals surface area contributed by atoms with Gasteiger partial charge in [-0.1, -0.05) is 26.0 Å². The molecule has 0 saturated heterocycles. The number of aliphatic imine (C=N–C) groups is 1. The highest BCUT2D eigenvalue weighted by molar-refractivity contribution is 14.0. The molecule has 2 aromatic rings. The monoisotopic (exact) mass is 554 g/mol. The lowest BCUT2D eigenvalue weighted by molar-refractivity contribution is -0.0498. The van der Waals surface area contributed by atoms with E-state index in [1.54, 1.807) is 23.5 Å². The van der Waals surface area contributed by atoms with Crippen molar-refractivity contribution in [1.29, 1.82) is 0 Å². The van der Waals surface area contributed by atoms with Gasteiger partial charge in [-0.15, -0.1) is 35.3 Å². The summed E-state index contributed by atoms with van der Waals surface area (Å²) in [6, 6.07) is 5.90. The SMILES string of the molecule is CCNC(=NCC(O)c1ccc(OC(F)F)cc1)NCCc1csc(C(C)C)n1.I. The molecule has 1 aromatic carbocycles. The first-order chi connectivity index (χ1) is 13.9. The molecular weight excluding hydrogens is 525 g/mol. The smallest absolute Gasteiger partial charge is 0.387 e. The van der Waals surface area contributed by atoms with Gasteiger partial charge in [-0.25, -0.2) is 4.98 Å². The van der Waals surface area contributed by atoms with E-state index in [2.05, 4.69) is 44.6 Å². The minimum atomic E-state index is -2.87. The van der Waals surface area contributed by atoms with Crippen molar-refractivity contribution < 1.29 is 18.6 Å². The number of nitrogens with one attached hydrogen (secondary N) is 2. The lowest BCUT2D eigenvalue weighted by atomic mass is 10.1. The Morgan fingerprint density at radius 1 is 1.23 bits per heavy atom. The molecule has 0 bridgehead atoms. The number of guanidine groups is 1. The van der Waals surface area contributed by atoms with Crippen molar-refractivity contribution in [2.24, 2.45) is 4.99 Å². The van der Waals surface area contributed by atoms with Gasteiger partial charge in [0.2, 0.25) is 0 Å². The molecule has 2 rings (SSSR count). The summed E-state index contributed by atoms with van der Waals surface area (Å²) in [5.41, 5.74) is 1.63. The molecule has 1 unspecified atom stereocenters. The second-order valence-electron chi connectivity index (χ2n) is 6.69. The van der Waals surface area contributed by atoms with Crippen molar-refractivity contribution >= 4 is 41.3 Å². The van der Waals surface area contributed by atoms with Crippen LogP contribution in [-0.4, -0.2) is 42.3 Å². The number of alkyl halides is 2. The first-order valence-corrected chi connectivity index (χ1v) is 10.5. The van der Waals surface area contributed by atoms with Crippen molar-refractivity contribution in [2.75, 3.05) is 19.6 Å². The molecule has 30 heavy (non-hydrogen) atoms. The Kier molecular flexibility index (Phi) is 12.1. The van der Waals surface area contributed by atoms with Crippen LogP contribution in [-0.2, 0) is 6.42 Å². The van der Waals surface area contributed by atoms with Gasteiger partial charge in [-0.2, -0.15) is 8.78 Å². The Morgan fingerprint density at radius 3 is 2.50 bits per heavy atom. The molecule has 0 radical (unpaired) electrons. The van der Waals surface area contributed by atoms with Crippen LogP contribution >= 0.6 is 35.3 Å². The van der Waals surface area contributed by atoms with E-state index in [9.17, 15) is 13.9 Å². The van der Waals surface area contributed by atoms with Gasteiger partial charge >= 0.3 is 6.61 Å². The third kappa shape index (κ3) is 9.09. The molecule has 1 atom stereocenters. The molecule has 0 amide bonds. The molecule has 6 nitrogen and oxygen atoms in total. The predicted octanol–water partition coefficient (Wildman–Crippen LogP) is 4.32. The van der Waals surface area contributed by atoms with Gasteiger partial charge < -0.3 is 20.5 Å². The maximum Gasteiger partial charge on any atom is 0.387 e. The second-order valence-corrected chi connectivity index (χ2v) is 7.58. The number of ether oxygens (including phenoxy) is 1. The zero-order valence-corrected chi connectivity index (χ0v) is 20.4. The van der Waals surface area contributed by atoms with E-state index >= 15 is 0 Å². The molecule has 0 aliphatic carbocycles. The summed E-state index contributed by atoms with van der Waals surface area (Å²) in [6.45, 7) is 4.84. The highest BCUT2D eigenvalue weighted by atomic mass is 127. The molecule has 168 valence electrons. The van der Waals surface area contributed by atoms with E-state index in [0.29, 0.717) is 30.5 Å². The number of halogens is 3. The third-order valence-electron chi connectivity index (χ3n) is 3.99. The number of hydrogen-bond donors (Lipinski definition) is 3. The summed E-state index contributed by atoms with van der Waals surface area (Å²) in [4.78, 5) is 9.01. The van der Waals surface area contributed by atoms with E-state index in [4.69, 9.17) is 0 Å². The van der Waals surface area contributed by atoms with Crippen LogP contribution < -0.4 is 15.4 Å². The minimum absolute atomic E-state index is 0. The van der Waals surface area contributed by atoms with Crippen molar-refractivity contribution in [3.05, 3.63) is 45.9 Å². The molecule has 0 fully saturated rings. The van der Waals surface area contributed by atoms with Crippen molar-refractivity contribution in [3.63, 3.8) is 0 Å². The molecular formula is C20H29F2IN4O2S. The van der Waals surface area contributed by atoms with Gasteiger partial charge in [0.1, 0.15) is 5.75 Å². The quantitative estimate of drug-likeness (QED) is 0.232. The second kappa shape index (κ2) is 13.7. The molecule has 0 aliphatic rings. The first kappa shape index (κ1) is 26.5. The largest absolute Gasteiger partial charge is 0.435 e. The summed E-state index contributed by atoms with van der Waals surface area (Å²) in [5, 5.41) is 19.9. The summed E-state index contributed by atoms with van der Waals surface area (Å²) in [7, 11) is 0. The van der Waals surface area contributed by atoms with Crippen LogP contribution in [0.5, 0.6) is 5.75 Å². The van der Waals surface area contributed by atoms with Crippen molar-refractivity contribution in [1.82, 2.24) is 15.6 Å². The average molecular weight is 554 g/mol. The molecule has 0 saturated carbocycles. The van der Waals surface area contributed by atoms with Crippen LogP contribution in [0, 0.1) is 0 Å². The Hall–Kier alpha value is -1.53. The highest BCUT2D eigenvalue weighted by Gasteiger charge is 2.10. The highest BCUT2D eigenvalue weighted by Crippen LogP contribution is 2.20. The van der Waals surface area contributed by atoms with Crippen molar-refractivity contribution in [2.45, 2.75) is 45.8 Å². The van der Waals surface area contributed by atoms with Gasteiger partial charge in [-0.3, -0.25) is 4.99 Å². The van der Waals surface area contributed by atoms with E-state index < -0.39 is 12.7 Å². The summed E-state index contributed by atoms with van der Waals surface area (Å²) in [6.07, 6.45) is -0.0693. The molecule has 10 heteroatoms. The maximum atomic E-state index is 12.2. The zero-order valence-electron chi connectivity index (χ0n) is 17.3. The number of nitrogens with zero attached hydrogens (tertiary/aromatic N) is 2. The third-order valence-corrected chi connectivity index (χ3v) is 5.19. The Balaban J connectivity index is 0.00000450. The fourth-order valence-corrected chi connectivity index (χ4v) is 3.38. The molecule has 1 aromatic heterocycles. The van der Waals surface area contributed by atoms with E-state index in [0.717, 1.165) is 17.1 Å². The van der Waals surface area contributed by atoms with Crippen LogP contribution in [0.2, 0.25) is 0 Å². The van der Waals surface area contributed by atoms with Crippen LogP contribution in [0.4, 0.5) is 8.78 Å². The number of aromatic nitrogens is 1. The van der Waals surface area contributed by atoms with Crippen molar-refractivity contribution in [3.8, 4) is 5.75 Å². The van der Waals surface area contributed by atoms with E-state index in [1.807, 2.05) is 6.92 Å². The van der Waals surface area contributed by atoms with E-state index in [-0.39, 0.29) is 36.3 Å². The van der Waals surface area contributed by atoms with Gasteiger partial charge in [0.15, 0.2) is 5.96 Å². The molecule has 0 spiro atoms. The standard InChI is InChI=1S/C20H28F2N4O2S.HI/c1-4-23-20(24-10-9-15-12-29-18(26-15)13(2)3)25-11-17(27)14-5-7-16(8-6-14)28-19(21)22;/h5-8,12-13,17,19,27H,4,9-11H2,1-3H3,(H2,23,24,25);1H. The number of thiazole rings is 1. The number of rotatable bonds is 10. The number of aliphatic hydroxyl groups excluding tert-OH is 1. The summed E-state index contributed by atoms with van der Waals surface area (Å²) >= 11 is 1.67. The number of benzene rings is 1. The molecule has 1 heterocycles. The summed E-state index contributed by atoms with van der Waals surface area (Å²) < 4.78 is 28.7.